The summed E-state index contributed by atoms with van der Waals surface area (Å²) < 4.78 is 31.5. The van der Waals surface area contributed by atoms with E-state index in [9.17, 15) is 13.0 Å². The molecule has 0 aliphatic carbocycles. The molecule has 0 saturated carbocycles. The second kappa shape index (κ2) is 4.63. The molecule has 0 aliphatic rings. The second-order valence-electron chi connectivity index (χ2n) is 2.14. The van der Waals surface area contributed by atoms with Crippen molar-refractivity contribution in [1.29, 1.82) is 0 Å². The summed E-state index contributed by atoms with van der Waals surface area (Å²) in [5, 5.41) is 0.292. The first-order chi connectivity index (χ1) is 5.41. The predicted octanol–water partition coefficient (Wildman–Crippen LogP) is -2.17. The van der Waals surface area contributed by atoms with Gasteiger partial charge in [-0.05, 0) is 18.2 Å². The standard InChI is InChI=1S/C6H6ClNO3S.Na/c7-4-1-2-6(5(8)3-4)12(9,10)11;/h1-3H,8H2,(H,9,10,11);/q;+1/p-1. The first-order valence-corrected chi connectivity index (χ1v) is 4.71. The van der Waals surface area contributed by atoms with Gasteiger partial charge in [0.15, 0.2) is 0 Å². The number of nitrogen functional groups attached to an aromatic ring is 1. The average molecular weight is 230 g/mol. The van der Waals surface area contributed by atoms with Crippen molar-refractivity contribution < 1.29 is 42.5 Å². The molecule has 0 saturated heterocycles. The number of anilines is 1. The minimum Gasteiger partial charge on any atom is -0.744 e. The van der Waals surface area contributed by atoms with E-state index in [-0.39, 0.29) is 35.2 Å². The Balaban J connectivity index is 0.00000144. The van der Waals surface area contributed by atoms with Crippen LogP contribution >= 0.6 is 11.6 Å². The van der Waals surface area contributed by atoms with Gasteiger partial charge in [-0.25, -0.2) is 8.42 Å². The van der Waals surface area contributed by atoms with Crippen molar-refractivity contribution in [2.45, 2.75) is 4.90 Å². The van der Waals surface area contributed by atoms with Gasteiger partial charge in [-0.1, -0.05) is 11.6 Å². The van der Waals surface area contributed by atoms with E-state index in [1.165, 1.54) is 12.1 Å². The minimum absolute atomic E-state index is 0. The van der Waals surface area contributed by atoms with Crippen LogP contribution in [0.5, 0.6) is 0 Å². The third-order valence-corrected chi connectivity index (χ3v) is 2.39. The molecule has 1 aromatic rings. The van der Waals surface area contributed by atoms with Crippen molar-refractivity contribution >= 4 is 27.4 Å². The number of nitrogens with two attached hydrogens (primary N) is 1. The first kappa shape index (κ1) is 13.2. The van der Waals surface area contributed by atoms with Crippen molar-refractivity contribution in [3.8, 4) is 0 Å². The largest absolute Gasteiger partial charge is 1.00 e. The van der Waals surface area contributed by atoms with Crippen LogP contribution in [0.15, 0.2) is 23.1 Å². The molecule has 1 rings (SSSR count). The Morgan fingerprint density at radius 2 is 1.92 bits per heavy atom. The molecule has 1 aromatic carbocycles. The molecule has 13 heavy (non-hydrogen) atoms. The van der Waals surface area contributed by atoms with Crippen LogP contribution < -0.4 is 35.3 Å². The molecule has 0 amide bonds. The summed E-state index contributed by atoms with van der Waals surface area (Å²) in [6.07, 6.45) is 0. The van der Waals surface area contributed by atoms with Gasteiger partial charge in [0.25, 0.3) is 0 Å². The van der Waals surface area contributed by atoms with Crippen molar-refractivity contribution in [3.05, 3.63) is 23.2 Å². The van der Waals surface area contributed by atoms with Crippen LogP contribution in [-0.2, 0) is 10.1 Å². The first-order valence-electron chi connectivity index (χ1n) is 2.92. The molecule has 0 fully saturated rings. The van der Waals surface area contributed by atoms with Crippen LogP contribution in [0.2, 0.25) is 5.02 Å². The van der Waals surface area contributed by atoms with Gasteiger partial charge in [0.2, 0.25) is 0 Å². The molecule has 4 nitrogen and oxygen atoms in total. The van der Waals surface area contributed by atoms with E-state index in [0.29, 0.717) is 5.02 Å². The predicted molar refractivity (Wildman–Crippen MR) is 43.8 cm³/mol. The number of hydrogen-bond acceptors (Lipinski definition) is 4. The van der Waals surface area contributed by atoms with E-state index in [4.69, 9.17) is 17.3 Å². The fourth-order valence-electron chi connectivity index (χ4n) is 0.747. The van der Waals surface area contributed by atoms with Gasteiger partial charge < -0.3 is 10.3 Å². The Kier molecular flexibility index (Phi) is 4.71. The van der Waals surface area contributed by atoms with Gasteiger partial charge >= 0.3 is 29.6 Å². The summed E-state index contributed by atoms with van der Waals surface area (Å²) >= 11 is 5.49. The van der Waals surface area contributed by atoms with Crippen LogP contribution in [0.25, 0.3) is 0 Å². The van der Waals surface area contributed by atoms with Gasteiger partial charge in [0.1, 0.15) is 10.1 Å². The molecule has 0 radical (unpaired) electrons. The molecule has 0 heterocycles. The van der Waals surface area contributed by atoms with Crippen LogP contribution in [-0.4, -0.2) is 13.0 Å². The Labute approximate surface area is 103 Å². The van der Waals surface area contributed by atoms with E-state index in [1.807, 2.05) is 0 Å². The monoisotopic (exact) mass is 229 g/mol. The Bertz CT molecular complexity index is 406. The number of benzene rings is 1. The molecular weight excluding hydrogens is 225 g/mol. The van der Waals surface area contributed by atoms with Crippen molar-refractivity contribution in [2.75, 3.05) is 5.73 Å². The Morgan fingerprint density at radius 3 is 2.31 bits per heavy atom. The maximum atomic E-state index is 10.5. The zero-order chi connectivity index (χ0) is 9.35. The van der Waals surface area contributed by atoms with E-state index in [2.05, 4.69) is 0 Å². The zero-order valence-corrected chi connectivity index (χ0v) is 10.4. The summed E-state index contributed by atoms with van der Waals surface area (Å²) in [5.74, 6) is 0. The third kappa shape index (κ3) is 3.46. The van der Waals surface area contributed by atoms with Gasteiger partial charge in [0.05, 0.1) is 10.6 Å². The Hall–Kier alpha value is 0.220. The fourth-order valence-corrected chi connectivity index (χ4v) is 1.51. The quantitative estimate of drug-likeness (QED) is 0.338. The number of halogens is 1. The summed E-state index contributed by atoms with van der Waals surface area (Å²) in [7, 11) is -4.48. The summed E-state index contributed by atoms with van der Waals surface area (Å²) in [4.78, 5) is -0.438. The molecule has 0 unspecified atom stereocenters. The topological polar surface area (TPSA) is 83.2 Å². The van der Waals surface area contributed by atoms with Crippen LogP contribution in [0.1, 0.15) is 0 Å². The molecule has 0 aromatic heterocycles. The molecule has 7 heteroatoms. The van der Waals surface area contributed by atoms with E-state index in [0.717, 1.165) is 6.07 Å². The maximum Gasteiger partial charge on any atom is 1.00 e. The molecule has 2 N–H and O–H groups in total. The Morgan fingerprint density at radius 1 is 1.38 bits per heavy atom. The number of rotatable bonds is 1. The third-order valence-electron chi connectivity index (χ3n) is 1.24. The molecule has 0 bridgehead atoms. The normalized spacial score (nSPS) is 10.6. The van der Waals surface area contributed by atoms with Crippen molar-refractivity contribution in [2.24, 2.45) is 0 Å². The van der Waals surface area contributed by atoms with Crippen LogP contribution in [0, 0.1) is 0 Å². The molecule has 66 valence electrons. The molecule has 0 aliphatic heterocycles. The molecule has 0 spiro atoms. The smallest absolute Gasteiger partial charge is 0.744 e. The van der Waals surface area contributed by atoms with Crippen LogP contribution in [0.3, 0.4) is 0 Å². The van der Waals surface area contributed by atoms with Crippen molar-refractivity contribution in [1.82, 2.24) is 0 Å². The maximum absolute atomic E-state index is 10.5. The van der Waals surface area contributed by atoms with E-state index in [1.54, 1.807) is 0 Å². The van der Waals surface area contributed by atoms with Gasteiger partial charge in [-0.15, -0.1) is 0 Å². The van der Waals surface area contributed by atoms with Gasteiger partial charge in [-0.2, -0.15) is 0 Å². The molecular formula is C6H5ClNNaO3S. The fraction of sp³-hybridized carbons (Fsp3) is 0. The van der Waals surface area contributed by atoms with E-state index < -0.39 is 15.0 Å². The minimum atomic E-state index is -4.48. The second-order valence-corrected chi connectivity index (χ2v) is 3.92. The summed E-state index contributed by atoms with van der Waals surface area (Å²) in [6, 6.07) is 3.59. The van der Waals surface area contributed by atoms with E-state index >= 15 is 0 Å². The van der Waals surface area contributed by atoms with Crippen molar-refractivity contribution in [3.63, 3.8) is 0 Å². The summed E-state index contributed by atoms with van der Waals surface area (Å²) in [6.45, 7) is 0. The molecule has 0 atom stereocenters. The zero-order valence-electron chi connectivity index (χ0n) is 6.82. The van der Waals surface area contributed by atoms with Gasteiger partial charge in [0, 0.05) is 5.02 Å². The number of hydrogen-bond donors (Lipinski definition) is 1. The SMILES string of the molecule is Nc1cc(Cl)ccc1S(=O)(=O)[O-].[Na+]. The van der Waals surface area contributed by atoms with Crippen LogP contribution in [0.4, 0.5) is 5.69 Å². The van der Waals surface area contributed by atoms with Gasteiger partial charge in [-0.3, -0.25) is 0 Å². The average Bonchev–Trinajstić information content (AvgIpc) is 1.83. The summed E-state index contributed by atoms with van der Waals surface area (Å²) in [5.41, 5.74) is 5.12.